The molecule has 0 spiro atoms. The van der Waals surface area contributed by atoms with Gasteiger partial charge in [0.05, 0.1) is 19.7 Å². The molecule has 2 atom stereocenters. The maximum Gasteiger partial charge on any atom is 0.234 e. The quantitative estimate of drug-likeness (QED) is 0.801. The van der Waals surface area contributed by atoms with E-state index in [0.29, 0.717) is 18.5 Å². The molecule has 1 amide bonds. The molecule has 0 bridgehead atoms. The molecule has 144 valence electrons. The largest absolute Gasteiger partial charge is 0.497 e. The molecule has 0 radical (unpaired) electrons. The molecule has 0 fully saturated rings. The third-order valence-electron chi connectivity index (χ3n) is 5.48. The minimum Gasteiger partial charge on any atom is -0.497 e. The fourth-order valence-electron chi connectivity index (χ4n) is 3.99. The summed E-state index contributed by atoms with van der Waals surface area (Å²) in [7, 11) is 3.71. The molecule has 0 aromatic heterocycles. The molecule has 4 heteroatoms. The molecule has 27 heavy (non-hydrogen) atoms. The third-order valence-corrected chi connectivity index (χ3v) is 5.48. The lowest BCUT2D eigenvalue weighted by molar-refractivity contribution is -0.123. The van der Waals surface area contributed by atoms with E-state index in [0.717, 1.165) is 24.2 Å². The van der Waals surface area contributed by atoms with Crippen molar-refractivity contribution in [1.82, 2.24) is 10.2 Å². The van der Waals surface area contributed by atoms with E-state index in [1.807, 2.05) is 31.3 Å². The molecule has 0 saturated heterocycles. The van der Waals surface area contributed by atoms with Crippen LogP contribution in [0.2, 0.25) is 0 Å². The van der Waals surface area contributed by atoms with Crippen molar-refractivity contribution in [2.75, 3.05) is 20.7 Å². The van der Waals surface area contributed by atoms with Gasteiger partial charge in [0, 0.05) is 6.04 Å². The summed E-state index contributed by atoms with van der Waals surface area (Å²) in [6.45, 7) is 4.66. The Morgan fingerprint density at radius 3 is 2.56 bits per heavy atom. The Kier molecular flexibility index (Phi) is 6.17. The van der Waals surface area contributed by atoms with Crippen LogP contribution >= 0.6 is 0 Å². The topological polar surface area (TPSA) is 41.6 Å². The molecule has 4 nitrogen and oxygen atoms in total. The Bertz CT molecular complexity index is 770. The highest BCUT2D eigenvalue weighted by atomic mass is 16.5. The molecule has 2 unspecified atom stereocenters. The monoisotopic (exact) mass is 366 g/mol. The number of carbonyl (C=O) groups excluding carboxylic acids is 1. The minimum atomic E-state index is -0.00679. The number of amides is 1. The van der Waals surface area contributed by atoms with Gasteiger partial charge in [-0.1, -0.05) is 50.2 Å². The van der Waals surface area contributed by atoms with Gasteiger partial charge in [0.15, 0.2) is 0 Å². The van der Waals surface area contributed by atoms with Crippen LogP contribution in [-0.4, -0.2) is 31.5 Å². The van der Waals surface area contributed by atoms with Gasteiger partial charge in [-0.3, -0.25) is 9.69 Å². The first-order valence-corrected chi connectivity index (χ1v) is 9.71. The average Bonchev–Trinajstić information content (AvgIpc) is 3.10. The molecule has 0 saturated carbocycles. The van der Waals surface area contributed by atoms with E-state index < -0.39 is 0 Å². The normalized spacial score (nSPS) is 17.0. The lowest BCUT2D eigenvalue weighted by atomic mass is 9.96. The molecule has 0 heterocycles. The molecular formula is C23H30N2O2. The van der Waals surface area contributed by atoms with Crippen molar-refractivity contribution in [3.8, 4) is 5.75 Å². The second-order valence-corrected chi connectivity index (χ2v) is 7.73. The van der Waals surface area contributed by atoms with Crippen LogP contribution in [0.3, 0.4) is 0 Å². The van der Waals surface area contributed by atoms with Crippen molar-refractivity contribution in [3.05, 3.63) is 65.2 Å². The molecule has 2 aromatic carbocycles. The number of hydrogen-bond donors (Lipinski definition) is 1. The van der Waals surface area contributed by atoms with Crippen LogP contribution in [0.4, 0.5) is 0 Å². The van der Waals surface area contributed by atoms with Gasteiger partial charge >= 0.3 is 0 Å². The van der Waals surface area contributed by atoms with Gasteiger partial charge in [-0.25, -0.2) is 0 Å². The zero-order valence-corrected chi connectivity index (χ0v) is 16.7. The van der Waals surface area contributed by atoms with E-state index in [4.69, 9.17) is 4.74 Å². The zero-order chi connectivity index (χ0) is 19.4. The van der Waals surface area contributed by atoms with E-state index in [1.165, 1.54) is 11.1 Å². The van der Waals surface area contributed by atoms with Crippen molar-refractivity contribution < 1.29 is 9.53 Å². The van der Waals surface area contributed by atoms with Crippen LogP contribution in [0, 0.1) is 5.92 Å². The van der Waals surface area contributed by atoms with Crippen LogP contribution in [0.1, 0.15) is 49.0 Å². The summed E-state index contributed by atoms with van der Waals surface area (Å²) in [6.07, 6.45) is 2.17. The Balaban J connectivity index is 1.64. The number of aryl methyl sites for hydroxylation is 1. The Hall–Kier alpha value is -2.33. The Morgan fingerprint density at radius 2 is 1.89 bits per heavy atom. The summed E-state index contributed by atoms with van der Waals surface area (Å²) in [6, 6.07) is 16.8. The third kappa shape index (κ3) is 4.51. The Labute approximate surface area is 162 Å². The maximum atomic E-state index is 12.8. The van der Waals surface area contributed by atoms with Gasteiger partial charge < -0.3 is 10.1 Å². The summed E-state index contributed by atoms with van der Waals surface area (Å²) in [5.41, 5.74) is 3.88. The smallest absolute Gasteiger partial charge is 0.234 e. The minimum absolute atomic E-state index is 0.00679. The van der Waals surface area contributed by atoms with Crippen LogP contribution < -0.4 is 10.1 Å². The molecular weight excluding hydrogens is 336 g/mol. The first kappa shape index (κ1) is 19.4. The fourth-order valence-corrected chi connectivity index (χ4v) is 3.99. The summed E-state index contributed by atoms with van der Waals surface area (Å²) in [5.74, 6) is 1.20. The second-order valence-electron chi connectivity index (χ2n) is 7.73. The second kappa shape index (κ2) is 8.57. The number of hydrogen-bond acceptors (Lipinski definition) is 3. The highest BCUT2D eigenvalue weighted by molar-refractivity contribution is 5.78. The number of fused-ring (bicyclic) bond motifs is 1. The number of nitrogens with one attached hydrogen (secondary N) is 1. The number of ether oxygens (including phenoxy) is 1. The number of methoxy groups -OCH3 is 1. The van der Waals surface area contributed by atoms with Crippen molar-refractivity contribution in [3.63, 3.8) is 0 Å². The highest BCUT2D eigenvalue weighted by Crippen LogP contribution is 2.34. The Morgan fingerprint density at radius 1 is 1.19 bits per heavy atom. The van der Waals surface area contributed by atoms with Crippen molar-refractivity contribution in [2.24, 2.45) is 5.92 Å². The van der Waals surface area contributed by atoms with Gasteiger partial charge in [-0.15, -0.1) is 0 Å². The number of carbonyl (C=O) groups is 1. The van der Waals surface area contributed by atoms with Gasteiger partial charge in [0.25, 0.3) is 0 Å². The first-order valence-electron chi connectivity index (χ1n) is 9.71. The molecule has 3 rings (SSSR count). The predicted octanol–water partition coefficient (Wildman–Crippen LogP) is 4.13. The molecule has 1 aliphatic rings. The number of rotatable bonds is 7. The lowest BCUT2D eigenvalue weighted by Crippen LogP contribution is -2.39. The summed E-state index contributed by atoms with van der Waals surface area (Å²) < 4.78 is 5.23. The zero-order valence-electron chi connectivity index (χ0n) is 16.7. The SMILES string of the molecule is COc1ccc(C(NC(=O)CN(C)C2CCc3ccccc32)C(C)C)cc1. The number of nitrogens with zero attached hydrogens (tertiary/aromatic N) is 1. The first-order chi connectivity index (χ1) is 13.0. The number of benzene rings is 2. The molecule has 1 N–H and O–H groups in total. The maximum absolute atomic E-state index is 12.8. The summed E-state index contributed by atoms with van der Waals surface area (Å²) in [4.78, 5) is 14.9. The standard InChI is InChI=1S/C23H30N2O2/c1-16(2)23(18-9-12-19(27-4)13-10-18)24-22(26)15-25(3)21-14-11-17-7-5-6-8-20(17)21/h5-10,12-13,16,21,23H,11,14-15H2,1-4H3,(H,24,26). The predicted molar refractivity (Wildman–Crippen MR) is 109 cm³/mol. The average molecular weight is 367 g/mol. The van der Waals surface area contributed by atoms with Gasteiger partial charge in [0.1, 0.15) is 5.75 Å². The van der Waals surface area contributed by atoms with Crippen molar-refractivity contribution in [2.45, 2.75) is 38.8 Å². The molecule has 1 aliphatic carbocycles. The summed E-state index contributed by atoms with van der Waals surface area (Å²) >= 11 is 0. The van der Waals surface area contributed by atoms with Crippen LogP contribution in [0.5, 0.6) is 5.75 Å². The van der Waals surface area contributed by atoms with Crippen LogP contribution in [-0.2, 0) is 11.2 Å². The molecule has 0 aliphatic heterocycles. The van der Waals surface area contributed by atoms with Gasteiger partial charge in [0.2, 0.25) is 5.91 Å². The summed E-state index contributed by atoms with van der Waals surface area (Å²) in [5, 5.41) is 3.23. The molecule has 2 aromatic rings. The highest BCUT2D eigenvalue weighted by Gasteiger charge is 2.27. The van der Waals surface area contributed by atoms with E-state index in [9.17, 15) is 4.79 Å². The van der Waals surface area contributed by atoms with E-state index in [-0.39, 0.29) is 11.9 Å². The van der Waals surface area contributed by atoms with Crippen molar-refractivity contribution >= 4 is 5.91 Å². The van der Waals surface area contributed by atoms with E-state index in [1.54, 1.807) is 7.11 Å². The van der Waals surface area contributed by atoms with Crippen LogP contribution in [0.15, 0.2) is 48.5 Å². The number of likely N-dealkylation sites (N-methyl/N-ethyl adjacent to an activating group) is 1. The van der Waals surface area contributed by atoms with Crippen LogP contribution in [0.25, 0.3) is 0 Å². The fraction of sp³-hybridized carbons (Fsp3) is 0.435. The van der Waals surface area contributed by atoms with Gasteiger partial charge in [-0.2, -0.15) is 0 Å². The van der Waals surface area contributed by atoms with E-state index in [2.05, 4.69) is 48.3 Å². The van der Waals surface area contributed by atoms with E-state index >= 15 is 0 Å². The lowest BCUT2D eigenvalue weighted by Gasteiger charge is -2.27. The van der Waals surface area contributed by atoms with Crippen molar-refractivity contribution in [1.29, 1.82) is 0 Å². The van der Waals surface area contributed by atoms with Gasteiger partial charge in [-0.05, 0) is 54.6 Å².